The normalized spacial score (nSPS) is 24.3. The molecule has 1 saturated heterocycles. The zero-order chi connectivity index (χ0) is 20.6. The number of aliphatic hydroxyl groups is 1. The summed E-state index contributed by atoms with van der Waals surface area (Å²) in [5.41, 5.74) is 0.189. The fraction of sp³-hybridized carbons (Fsp3) is 0.579. The average Bonchev–Trinajstić information content (AvgIpc) is 3.20. The zero-order valence-corrected chi connectivity index (χ0v) is 16.5. The van der Waals surface area contributed by atoms with Crippen molar-refractivity contribution < 1.29 is 24.2 Å². The molecule has 0 aromatic carbocycles. The first-order valence-electron chi connectivity index (χ1n) is 9.78. The topological polar surface area (TPSA) is 128 Å². The zero-order valence-electron chi connectivity index (χ0n) is 16.5. The maximum Gasteiger partial charge on any atom is 0.334 e. The van der Waals surface area contributed by atoms with Gasteiger partial charge in [-0.1, -0.05) is 0 Å². The van der Waals surface area contributed by atoms with Gasteiger partial charge in [0, 0.05) is 38.4 Å². The Morgan fingerprint density at radius 1 is 1.38 bits per heavy atom. The quantitative estimate of drug-likeness (QED) is 0.593. The number of hydrogen-bond donors (Lipinski definition) is 3. The first-order chi connectivity index (χ1) is 14.0. The summed E-state index contributed by atoms with van der Waals surface area (Å²) in [6, 6.07) is 0.145. The Bertz CT molecular complexity index is 938. The maximum absolute atomic E-state index is 13.1. The number of ether oxygens (including phenoxy) is 2. The Balaban J connectivity index is 1.70. The number of aromatic nitrogens is 3. The van der Waals surface area contributed by atoms with Crippen molar-refractivity contribution >= 4 is 28.6 Å². The molecular formula is C19H25N5O5. The molecule has 2 aliphatic rings. The molecule has 0 bridgehead atoms. The summed E-state index contributed by atoms with van der Waals surface area (Å²) in [6.45, 7) is 3.92. The second-order valence-corrected chi connectivity index (χ2v) is 7.41. The minimum Gasteiger partial charge on any atom is -0.467 e. The van der Waals surface area contributed by atoms with Crippen molar-refractivity contribution in [2.24, 2.45) is 0 Å². The first kappa shape index (κ1) is 19.6. The number of amides is 1. The van der Waals surface area contributed by atoms with Gasteiger partial charge in [0.2, 0.25) is 0 Å². The highest BCUT2D eigenvalue weighted by Crippen LogP contribution is 2.38. The van der Waals surface area contributed by atoms with Crippen LogP contribution in [0.15, 0.2) is 12.4 Å². The summed E-state index contributed by atoms with van der Waals surface area (Å²) in [5.74, 6) is -1.16. The number of hydrogen-bond acceptors (Lipinski definition) is 8. The smallest absolute Gasteiger partial charge is 0.334 e. The molecule has 1 aliphatic heterocycles. The van der Waals surface area contributed by atoms with E-state index in [4.69, 9.17) is 9.47 Å². The van der Waals surface area contributed by atoms with Gasteiger partial charge >= 0.3 is 5.97 Å². The SMILES string of the molecule is CCn1ncc2c(NC3CCOCC3)c(C(=O)NC3(C(=O)OC)CC3O)cnc21. The average molecular weight is 403 g/mol. The molecule has 3 heterocycles. The lowest BCUT2D eigenvalue weighted by molar-refractivity contribution is -0.145. The van der Waals surface area contributed by atoms with Crippen LogP contribution in [0.1, 0.15) is 36.5 Å². The van der Waals surface area contributed by atoms with Crippen molar-refractivity contribution in [1.29, 1.82) is 0 Å². The van der Waals surface area contributed by atoms with E-state index in [-0.39, 0.29) is 12.5 Å². The predicted octanol–water partition coefficient (Wildman–Crippen LogP) is 0.448. The van der Waals surface area contributed by atoms with Crippen LogP contribution in [-0.4, -0.2) is 69.8 Å². The van der Waals surface area contributed by atoms with Gasteiger partial charge < -0.3 is 25.2 Å². The number of esters is 1. The number of anilines is 1. The first-order valence-corrected chi connectivity index (χ1v) is 9.78. The number of nitrogens with zero attached hydrogens (tertiary/aromatic N) is 3. The third kappa shape index (κ3) is 3.42. The highest BCUT2D eigenvalue weighted by atomic mass is 16.5. The fourth-order valence-electron chi connectivity index (χ4n) is 3.73. The summed E-state index contributed by atoms with van der Waals surface area (Å²) < 4.78 is 11.9. The third-order valence-corrected chi connectivity index (χ3v) is 5.59. The minimum absolute atomic E-state index is 0.123. The van der Waals surface area contributed by atoms with Crippen molar-refractivity contribution in [1.82, 2.24) is 20.1 Å². The minimum atomic E-state index is -1.40. The molecule has 2 fully saturated rings. The van der Waals surface area contributed by atoms with Gasteiger partial charge in [0.15, 0.2) is 11.2 Å². The molecule has 3 N–H and O–H groups in total. The van der Waals surface area contributed by atoms with E-state index in [0.717, 1.165) is 18.2 Å². The number of rotatable bonds is 6. The van der Waals surface area contributed by atoms with Gasteiger partial charge in [0.25, 0.3) is 5.91 Å². The summed E-state index contributed by atoms with van der Waals surface area (Å²) in [5, 5.41) is 21.1. The van der Waals surface area contributed by atoms with Crippen LogP contribution >= 0.6 is 0 Å². The van der Waals surface area contributed by atoms with E-state index in [1.165, 1.54) is 13.3 Å². The fourth-order valence-corrected chi connectivity index (χ4v) is 3.73. The number of aryl methyl sites for hydroxylation is 1. The summed E-state index contributed by atoms with van der Waals surface area (Å²) in [7, 11) is 1.23. The number of carbonyl (C=O) groups excluding carboxylic acids is 2. The summed E-state index contributed by atoms with van der Waals surface area (Å²) >= 11 is 0. The highest BCUT2D eigenvalue weighted by molar-refractivity contribution is 6.08. The van der Waals surface area contributed by atoms with Crippen molar-refractivity contribution in [2.75, 3.05) is 25.6 Å². The van der Waals surface area contributed by atoms with Crippen LogP contribution < -0.4 is 10.6 Å². The van der Waals surface area contributed by atoms with Crippen LogP contribution in [0, 0.1) is 0 Å². The predicted molar refractivity (Wildman–Crippen MR) is 104 cm³/mol. The van der Waals surface area contributed by atoms with E-state index in [1.54, 1.807) is 10.9 Å². The lowest BCUT2D eigenvalue weighted by Crippen LogP contribution is -2.47. The van der Waals surface area contributed by atoms with Gasteiger partial charge in [-0.3, -0.25) is 4.79 Å². The van der Waals surface area contributed by atoms with Crippen LogP contribution in [0.4, 0.5) is 5.69 Å². The molecule has 1 aliphatic carbocycles. The van der Waals surface area contributed by atoms with Crippen LogP contribution in [0.5, 0.6) is 0 Å². The van der Waals surface area contributed by atoms with E-state index < -0.39 is 23.5 Å². The van der Waals surface area contributed by atoms with Crippen molar-refractivity contribution in [3.05, 3.63) is 18.0 Å². The largest absolute Gasteiger partial charge is 0.467 e. The molecule has 10 nitrogen and oxygen atoms in total. The lowest BCUT2D eigenvalue weighted by atomic mass is 10.1. The lowest BCUT2D eigenvalue weighted by Gasteiger charge is -2.26. The number of carbonyl (C=O) groups is 2. The molecule has 10 heteroatoms. The van der Waals surface area contributed by atoms with Gasteiger partial charge in [-0.2, -0.15) is 5.10 Å². The van der Waals surface area contributed by atoms with Crippen molar-refractivity contribution in [3.63, 3.8) is 0 Å². The Morgan fingerprint density at radius 2 is 2.10 bits per heavy atom. The van der Waals surface area contributed by atoms with Crippen molar-refractivity contribution in [2.45, 2.75) is 50.4 Å². The van der Waals surface area contributed by atoms with Crippen molar-refractivity contribution in [3.8, 4) is 0 Å². The van der Waals surface area contributed by atoms with E-state index >= 15 is 0 Å². The van der Waals surface area contributed by atoms with E-state index in [1.807, 2.05) is 6.92 Å². The molecular weight excluding hydrogens is 378 g/mol. The number of fused-ring (bicyclic) bond motifs is 1. The number of aliphatic hydroxyl groups excluding tert-OH is 1. The van der Waals surface area contributed by atoms with Crippen LogP contribution in [0.25, 0.3) is 11.0 Å². The second-order valence-electron chi connectivity index (χ2n) is 7.41. The Morgan fingerprint density at radius 3 is 2.72 bits per heavy atom. The Hall–Kier alpha value is -2.72. The monoisotopic (exact) mass is 403 g/mol. The molecule has 2 unspecified atom stereocenters. The van der Waals surface area contributed by atoms with Crippen LogP contribution in [-0.2, 0) is 20.8 Å². The third-order valence-electron chi connectivity index (χ3n) is 5.59. The summed E-state index contributed by atoms with van der Waals surface area (Å²) in [4.78, 5) is 29.6. The molecule has 2 aromatic rings. The molecule has 1 amide bonds. The molecule has 1 saturated carbocycles. The van der Waals surface area contributed by atoms with E-state index in [0.29, 0.717) is 36.7 Å². The van der Waals surface area contributed by atoms with Gasteiger partial charge in [-0.05, 0) is 19.8 Å². The summed E-state index contributed by atoms with van der Waals surface area (Å²) in [6.07, 6.45) is 3.96. The molecule has 2 atom stereocenters. The molecule has 0 spiro atoms. The van der Waals surface area contributed by atoms with E-state index in [9.17, 15) is 14.7 Å². The van der Waals surface area contributed by atoms with Gasteiger partial charge in [-0.15, -0.1) is 0 Å². The molecule has 0 radical (unpaired) electrons. The molecule has 29 heavy (non-hydrogen) atoms. The molecule has 2 aromatic heterocycles. The highest BCUT2D eigenvalue weighted by Gasteiger charge is 2.62. The standard InChI is InChI=1S/C19H25N5O5/c1-3-24-16-12(10-21-24)15(22-11-4-6-29-7-5-11)13(9-20-16)17(26)23-19(8-14(19)25)18(27)28-2/h9-11,14,25H,3-8H2,1-2H3,(H,20,22)(H,23,26). The van der Waals surface area contributed by atoms with Gasteiger partial charge in [0.05, 0.1) is 36.0 Å². The second kappa shape index (κ2) is 7.60. The number of pyridine rings is 1. The van der Waals surface area contributed by atoms with Crippen LogP contribution in [0.2, 0.25) is 0 Å². The van der Waals surface area contributed by atoms with E-state index in [2.05, 4.69) is 20.7 Å². The molecule has 156 valence electrons. The molecule has 4 rings (SSSR count). The van der Waals surface area contributed by atoms with Crippen LogP contribution in [0.3, 0.4) is 0 Å². The Labute approximate surface area is 167 Å². The Kier molecular flexibility index (Phi) is 5.13. The van der Waals surface area contributed by atoms with Gasteiger partial charge in [0.1, 0.15) is 0 Å². The number of nitrogens with one attached hydrogen (secondary N) is 2. The van der Waals surface area contributed by atoms with Gasteiger partial charge in [-0.25, -0.2) is 14.5 Å². The number of methoxy groups -OCH3 is 1. The maximum atomic E-state index is 13.1.